The number of nitrogens with zero attached hydrogens (tertiary/aromatic N) is 1. The number of hydrogen-bond donors (Lipinski definition) is 1. The molecule has 104 valence electrons. The van der Waals surface area contributed by atoms with E-state index in [0.717, 1.165) is 16.6 Å². The third-order valence-corrected chi connectivity index (χ3v) is 4.27. The predicted molar refractivity (Wildman–Crippen MR) is 79.7 cm³/mol. The van der Waals surface area contributed by atoms with Gasteiger partial charge in [0.1, 0.15) is 0 Å². The standard InChI is InChI=1S/C15H19BN2O2/c1-14(2)15(3,4)20-16(19-14)13-7-5-11(6-8-13)12-9-17-18-10-12/h5-10H,1-4H3,(H,17,18). The highest BCUT2D eigenvalue weighted by Gasteiger charge is 2.51. The number of hydrogen-bond acceptors (Lipinski definition) is 3. The van der Waals surface area contributed by atoms with Gasteiger partial charge in [-0.1, -0.05) is 24.3 Å². The zero-order valence-corrected chi connectivity index (χ0v) is 12.3. The van der Waals surface area contributed by atoms with E-state index in [-0.39, 0.29) is 18.3 Å². The van der Waals surface area contributed by atoms with Crippen LogP contribution in [0.1, 0.15) is 27.7 Å². The molecule has 4 nitrogen and oxygen atoms in total. The molecule has 0 atom stereocenters. The van der Waals surface area contributed by atoms with Crippen LogP contribution in [-0.2, 0) is 9.31 Å². The van der Waals surface area contributed by atoms with E-state index in [1.165, 1.54) is 0 Å². The van der Waals surface area contributed by atoms with Crippen LogP contribution in [0.5, 0.6) is 0 Å². The zero-order valence-electron chi connectivity index (χ0n) is 12.3. The highest BCUT2D eigenvalue weighted by molar-refractivity contribution is 6.62. The third kappa shape index (κ3) is 2.17. The van der Waals surface area contributed by atoms with Crippen molar-refractivity contribution >= 4 is 12.6 Å². The molecule has 1 aliphatic heterocycles. The first kappa shape index (κ1) is 13.4. The number of nitrogens with one attached hydrogen (secondary N) is 1. The summed E-state index contributed by atoms with van der Waals surface area (Å²) in [6.45, 7) is 8.25. The van der Waals surface area contributed by atoms with E-state index in [1.807, 2.05) is 24.5 Å². The molecule has 1 aliphatic rings. The van der Waals surface area contributed by atoms with Gasteiger partial charge in [-0.2, -0.15) is 5.10 Å². The van der Waals surface area contributed by atoms with Gasteiger partial charge in [0.15, 0.2) is 0 Å². The Labute approximate surface area is 119 Å². The second-order valence-corrected chi connectivity index (χ2v) is 6.20. The Morgan fingerprint density at radius 3 is 2.05 bits per heavy atom. The van der Waals surface area contributed by atoms with Crippen LogP contribution in [0.2, 0.25) is 0 Å². The molecule has 1 N–H and O–H groups in total. The van der Waals surface area contributed by atoms with Crippen molar-refractivity contribution in [3.05, 3.63) is 36.7 Å². The average molecular weight is 270 g/mol. The van der Waals surface area contributed by atoms with Gasteiger partial charge in [-0.05, 0) is 38.7 Å². The number of aromatic nitrogens is 2. The lowest BCUT2D eigenvalue weighted by atomic mass is 9.78. The molecule has 0 radical (unpaired) electrons. The first-order chi connectivity index (χ1) is 9.39. The van der Waals surface area contributed by atoms with Crippen LogP contribution in [0.4, 0.5) is 0 Å². The van der Waals surface area contributed by atoms with E-state index in [4.69, 9.17) is 9.31 Å². The summed E-state index contributed by atoms with van der Waals surface area (Å²) in [4.78, 5) is 0. The summed E-state index contributed by atoms with van der Waals surface area (Å²) in [6, 6.07) is 8.21. The second-order valence-electron chi connectivity index (χ2n) is 6.20. The van der Waals surface area contributed by atoms with Gasteiger partial charge in [0.05, 0.1) is 17.4 Å². The summed E-state index contributed by atoms with van der Waals surface area (Å²) in [7, 11) is -0.307. The molecule has 5 heteroatoms. The minimum atomic E-state index is -0.307. The monoisotopic (exact) mass is 270 g/mol. The number of rotatable bonds is 2. The fraction of sp³-hybridized carbons (Fsp3) is 0.400. The first-order valence-corrected chi connectivity index (χ1v) is 6.84. The summed E-state index contributed by atoms with van der Waals surface area (Å²) in [5.41, 5.74) is 2.63. The summed E-state index contributed by atoms with van der Waals surface area (Å²) in [5.74, 6) is 0. The predicted octanol–water partition coefficient (Wildman–Crippen LogP) is 2.38. The van der Waals surface area contributed by atoms with E-state index < -0.39 is 0 Å². The molecule has 1 aromatic carbocycles. The Balaban J connectivity index is 1.83. The van der Waals surface area contributed by atoms with Crippen LogP contribution in [0, 0.1) is 0 Å². The molecule has 0 unspecified atom stereocenters. The molecule has 0 aliphatic carbocycles. The minimum Gasteiger partial charge on any atom is -0.399 e. The van der Waals surface area contributed by atoms with Gasteiger partial charge >= 0.3 is 7.12 Å². The lowest BCUT2D eigenvalue weighted by Gasteiger charge is -2.32. The number of benzene rings is 1. The molecule has 1 saturated heterocycles. The van der Waals surface area contributed by atoms with E-state index in [0.29, 0.717) is 0 Å². The molecular weight excluding hydrogens is 251 g/mol. The quantitative estimate of drug-likeness (QED) is 0.852. The Morgan fingerprint density at radius 2 is 1.55 bits per heavy atom. The summed E-state index contributed by atoms with van der Waals surface area (Å²) in [5, 5.41) is 6.78. The molecule has 1 aromatic heterocycles. The van der Waals surface area contributed by atoms with Crippen LogP contribution in [0.3, 0.4) is 0 Å². The number of aromatic amines is 1. The van der Waals surface area contributed by atoms with Gasteiger partial charge in [0, 0.05) is 11.8 Å². The van der Waals surface area contributed by atoms with E-state index in [1.54, 1.807) is 0 Å². The van der Waals surface area contributed by atoms with Crippen molar-refractivity contribution in [2.24, 2.45) is 0 Å². The smallest absolute Gasteiger partial charge is 0.399 e. The van der Waals surface area contributed by atoms with Crippen LogP contribution in [0.15, 0.2) is 36.7 Å². The van der Waals surface area contributed by atoms with Gasteiger partial charge in [-0.3, -0.25) is 5.10 Å². The van der Waals surface area contributed by atoms with Crippen molar-refractivity contribution in [1.29, 1.82) is 0 Å². The lowest BCUT2D eigenvalue weighted by molar-refractivity contribution is 0.00578. The molecule has 20 heavy (non-hydrogen) atoms. The van der Waals surface area contributed by atoms with Crippen LogP contribution >= 0.6 is 0 Å². The molecule has 0 spiro atoms. The molecule has 0 amide bonds. The molecule has 1 fully saturated rings. The molecule has 0 bridgehead atoms. The molecule has 0 saturated carbocycles. The normalized spacial score (nSPS) is 20.3. The minimum absolute atomic E-state index is 0.305. The topological polar surface area (TPSA) is 47.1 Å². The highest BCUT2D eigenvalue weighted by atomic mass is 16.7. The Morgan fingerprint density at radius 1 is 0.950 bits per heavy atom. The van der Waals surface area contributed by atoms with E-state index in [2.05, 4.69) is 50.0 Å². The Kier molecular flexibility index (Phi) is 2.99. The Bertz CT molecular complexity index is 575. The molecule has 2 heterocycles. The van der Waals surface area contributed by atoms with Crippen LogP contribution in [-0.4, -0.2) is 28.5 Å². The van der Waals surface area contributed by atoms with Crippen molar-refractivity contribution in [3.8, 4) is 11.1 Å². The summed E-state index contributed by atoms with van der Waals surface area (Å²) >= 11 is 0. The van der Waals surface area contributed by atoms with Gasteiger partial charge in [0.2, 0.25) is 0 Å². The maximum atomic E-state index is 6.04. The SMILES string of the molecule is CC1(C)OB(c2ccc(-c3cn[nH]c3)cc2)OC1(C)C. The fourth-order valence-electron chi connectivity index (χ4n) is 2.22. The van der Waals surface area contributed by atoms with Crippen LogP contribution < -0.4 is 5.46 Å². The molecular formula is C15H19BN2O2. The zero-order chi connectivity index (χ0) is 14.4. The number of H-pyrrole nitrogens is 1. The van der Waals surface area contributed by atoms with Crippen molar-refractivity contribution in [2.75, 3.05) is 0 Å². The molecule has 2 aromatic rings. The van der Waals surface area contributed by atoms with Gasteiger partial charge in [0.25, 0.3) is 0 Å². The summed E-state index contributed by atoms with van der Waals surface area (Å²) < 4.78 is 12.1. The largest absolute Gasteiger partial charge is 0.494 e. The maximum Gasteiger partial charge on any atom is 0.494 e. The summed E-state index contributed by atoms with van der Waals surface area (Å²) in [6.07, 6.45) is 3.69. The average Bonchev–Trinajstić information content (AvgIpc) is 2.97. The highest BCUT2D eigenvalue weighted by Crippen LogP contribution is 2.36. The lowest BCUT2D eigenvalue weighted by Crippen LogP contribution is -2.41. The fourth-order valence-corrected chi connectivity index (χ4v) is 2.22. The Hall–Kier alpha value is -1.59. The second kappa shape index (κ2) is 4.47. The van der Waals surface area contributed by atoms with Crippen LogP contribution in [0.25, 0.3) is 11.1 Å². The van der Waals surface area contributed by atoms with Gasteiger partial charge in [-0.25, -0.2) is 0 Å². The van der Waals surface area contributed by atoms with Crippen molar-refractivity contribution < 1.29 is 9.31 Å². The van der Waals surface area contributed by atoms with E-state index in [9.17, 15) is 0 Å². The van der Waals surface area contributed by atoms with Crippen molar-refractivity contribution in [1.82, 2.24) is 10.2 Å². The van der Waals surface area contributed by atoms with Gasteiger partial charge < -0.3 is 9.31 Å². The van der Waals surface area contributed by atoms with Gasteiger partial charge in [-0.15, -0.1) is 0 Å². The first-order valence-electron chi connectivity index (χ1n) is 6.84. The maximum absolute atomic E-state index is 6.04. The molecule has 3 rings (SSSR count). The third-order valence-electron chi connectivity index (χ3n) is 4.27. The van der Waals surface area contributed by atoms with Crippen molar-refractivity contribution in [3.63, 3.8) is 0 Å². The van der Waals surface area contributed by atoms with E-state index >= 15 is 0 Å². The van der Waals surface area contributed by atoms with Crippen molar-refractivity contribution in [2.45, 2.75) is 38.9 Å².